The molecule has 4 atom stereocenters. The smallest absolute Gasteiger partial charge is 0.112 e. The second-order valence-corrected chi connectivity index (χ2v) is 3.83. The highest BCUT2D eigenvalue weighted by molar-refractivity contribution is 4.80. The fourth-order valence-electron chi connectivity index (χ4n) is 1.39. The van der Waals surface area contributed by atoms with Gasteiger partial charge in [0.15, 0.2) is 0 Å². The van der Waals surface area contributed by atoms with E-state index in [9.17, 15) is 10.2 Å². The lowest BCUT2D eigenvalue weighted by atomic mass is 10.0. The van der Waals surface area contributed by atoms with Crippen LogP contribution in [0.1, 0.15) is 27.7 Å². The average molecular weight is 206 g/mol. The Morgan fingerprint density at radius 1 is 0.857 bits per heavy atom. The van der Waals surface area contributed by atoms with Gasteiger partial charge in [-0.1, -0.05) is 0 Å². The number of hydrogen-bond acceptors (Lipinski definition) is 4. The summed E-state index contributed by atoms with van der Waals surface area (Å²) in [5, 5.41) is 18.9. The molecule has 4 unspecified atom stereocenters. The van der Waals surface area contributed by atoms with Crippen LogP contribution in [0.5, 0.6) is 0 Å². The largest absolute Gasteiger partial charge is 0.391 e. The predicted octanol–water partition coefficient (Wildman–Crippen LogP) is 0.557. The zero-order valence-electron chi connectivity index (χ0n) is 9.60. The molecule has 0 saturated heterocycles. The standard InChI is InChI=1S/C10H22O4/c1-6(2)14-10(8(4)12)9(13-5)7(3)11/h6-12H,1-5H3. The predicted molar refractivity (Wildman–Crippen MR) is 54.2 cm³/mol. The first kappa shape index (κ1) is 13.8. The minimum atomic E-state index is -0.669. The van der Waals surface area contributed by atoms with Gasteiger partial charge in [-0.15, -0.1) is 0 Å². The summed E-state index contributed by atoms with van der Waals surface area (Å²) in [6.45, 7) is 7.00. The van der Waals surface area contributed by atoms with E-state index in [1.807, 2.05) is 13.8 Å². The van der Waals surface area contributed by atoms with Crippen molar-refractivity contribution in [1.29, 1.82) is 0 Å². The summed E-state index contributed by atoms with van der Waals surface area (Å²) in [6.07, 6.45) is -2.35. The van der Waals surface area contributed by atoms with Crippen LogP contribution in [0, 0.1) is 0 Å². The second-order valence-electron chi connectivity index (χ2n) is 3.83. The summed E-state index contributed by atoms with van der Waals surface area (Å²) < 4.78 is 10.6. The first-order valence-corrected chi connectivity index (χ1v) is 4.94. The monoisotopic (exact) mass is 206 g/mol. The molecule has 0 aliphatic heterocycles. The zero-order chi connectivity index (χ0) is 11.3. The van der Waals surface area contributed by atoms with Crippen molar-refractivity contribution in [1.82, 2.24) is 0 Å². The molecular formula is C10H22O4. The van der Waals surface area contributed by atoms with Crippen LogP contribution in [-0.4, -0.2) is 47.8 Å². The van der Waals surface area contributed by atoms with Crippen LogP contribution in [-0.2, 0) is 9.47 Å². The number of rotatable bonds is 6. The van der Waals surface area contributed by atoms with Gasteiger partial charge in [0.25, 0.3) is 0 Å². The Bertz CT molecular complexity index is 145. The minimum Gasteiger partial charge on any atom is -0.391 e. The van der Waals surface area contributed by atoms with Crippen molar-refractivity contribution >= 4 is 0 Å². The molecular weight excluding hydrogens is 184 g/mol. The summed E-state index contributed by atoms with van der Waals surface area (Å²) >= 11 is 0. The molecule has 4 nitrogen and oxygen atoms in total. The first-order valence-electron chi connectivity index (χ1n) is 4.94. The Hall–Kier alpha value is -0.160. The average Bonchev–Trinajstić information content (AvgIpc) is 2.02. The van der Waals surface area contributed by atoms with Crippen LogP contribution < -0.4 is 0 Å². The number of ether oxygens (including phenoxy) is 2. The second kappa shape index (κ2) is 6.35. The number of methoxy groups -OCH3 is 1. The lowest BCUT2D eigenvalue weighted by molar-refractivity contribution is -0.153. The van der Waals surface area contributed by atoms with E-state index in [2.05, 4.69) is 0 Å². The molecule has 0 heterocycles. The molecule has 0 saturated carbocycles. The SMILES string of the molecule is COC(C(C)O)C(OC(C)C)C(C)O. The van der Waals surface area contributed by atoms with Gasteiger partial charge in [-0.3, -0.25) is 0 Å². The van der Waals surface area contributed by atoms with E-state index in [-0.39, 0.29) is 6.10 Å². The maximum absolute atomic E-state index is 9.50. The number of aliphatic hydroxyl groups is 2. The fraction of sp³-hybridized carbons (Fsp3) is 1.00. The Kier molecular flexibility index (Phi) is 6.27. The van der Waals surface area contributed by atoms with E-state index in [0.29, 0.717) is 0 Å². The molecule has 0 spiro atoms. The lowest BCUT2D eigenvalue weighted by Crippen LogP contribution is -2.46. The van der Waals surface area contributed by atoms with Crippen LogP contribution in [0.15, 0.2) is 0 Å². The van der Waals surface area contributed by atoms with E-state index < -0.39 is 24.4 Å². The van der Waals surface area contributed by atoms with Gasteiger partial charge < -0.3 is 19.7 Å². The van der Waals surface area contributed by atoms with Crippen LogP contribution in [0.3, 0.4) is 0 Å². The summed E-state index contributed by atoms with van der Waals surface area (Å²) in [5.41, 5.74) is 0. The van der Waals surface area contributed by atoms with Crippen molar-refractivity contribution in [2.24, 2.45) is 0 Å². The Morgan fingerprint density at radius 3 is 1.50 bits per heavy atom. The maximum Gasteiger partial charge on any atom is 0.112 e. The van der Waals surface area contributed by atoms with E-state index in [1.165, 1.54) is 7.11 Å². The molecule has 0 amide bonds. The Balaban J connectivity index is 4.44. The zero-order valence-corrected chi connectivity index (χ0v) is 9.60. The maximum atomic E-state index is 9.50. The van der Waals surface area contributed by atoms with Gasteiger partial charge in [-0.2, -0.15) is 0 Å². The molecule has 0 bridgehead atoms. The van der Waals surface area contributed by atoms with E-state index in [1.54, 1.807) is 13.8 Å². The van der Waals surface area contributed by atoms with Crippen molar-refractivity contribution in [2.45, 2.75) is 58.2 Å². The van der Waals surface area contributed by atoms with Gasteiger partial charge in [0, 0.05) is 7.11 Å². The fourth-order valence-corrected chi connectivity index (χ4v) is 1.39. The highest BCUT2D eigenvalue weighted by Crippen LogP contribution is 2.14. The van der Waals surface area contributed by atoms with Crippen molar-refractivity contribution in [3.63, 3.8) is 0 Å². The van der Waals surface area contributed by atoms with Gasteiger partial charge in [0.1, 0.15) is 12.2 Å². The van der Waals surface area contributed by atoms with Crippen molar-refractivity contribution in [3.05, 3.63) is 0 Å². The highest BCUT2D eigenvalue weighted by Gasteiger charge is 2.31. The molecule has 4 heteroatoms. The first-order chi connectivity index (χ1) is 6.40. The molecule has 0 aromatic heterocycles. The third kappa shape index (κ3) is 4.37. The van der Waals surface area contributed by atoms with Gasteiger partial charge in [0.2, 0.25) is 0 Å². The summed E-state index contributed by atoms with van der Waals surface area (Å²) in [7, 11) is 1.50. The minimum absolute atomic E-state index is 0.00833. The van der Waals surface area contributed by atoms with Gasteiger partial charge in [0.05, 0.1) is 18.3 Å². The van der Waals surface area contributed by atoms with Crippen LogP contribution in [0.2, 0.25) is 0 Å². The van der Waals surface area contributed by atoms with Crippen LogP contribution >= 0.6 is 0 Å². The molecule has 0 fully saturated rings. The molecule has 2 N–H and O–H groups in total. The van der Waals surface area contributed by atoms with Crippen LogP contribution in [0.25, 0.3) is 0 Å². The molecule has 0 rings (SSSR count). The molecule has 0 aromatic carbocycles. The Labute approximate surface area is 85.8 Å². The molecule has 0 aromatic rings. The number of aliphatic hydroxyl groups excluding tert-OH is 2. The number of hydrogen-bond donors (Lipinski definition) is 2. The summed E-state index contributed by atoms with van der Waals surface area (Å²) in [4.78, 5) is 0. The molecule has 0 aliphatic rings. The van der Waals surface area contributed by atoms with Gasteiger partial charge in [-0.25, -0.2) is 0 Å². The third-order valence-corrected chi connectivity index (χ3v) is 1.98. The highest BCUT2D eigenvalue weighted by atomic mass is 16.6. The topological polar surface area (TPSA) is 58.9 Å². The molecule has 14 heavy (non-hydrogen) atoms. The van der Waals surface area contributed by atoms with E-state index >= 15 is 0 Å². The van der Waals surface area contributed by atoms with Gasteiger partial charge in [-0.05, 0) is 27.7 Å². The molecule has 86 valence electrons. The Morgan fingerprint density at radius 2 is 1.29 bits per heavy atom. The van der Waals surface area contributed by atoms with Crippen LogP contribution in [0.4, 0.5) is 0 Å². The van der Waals surface area contributed by atoms with Gasteiger partial charge >= 0.3 is 0 Å². The quantitative estimate of drug-likeness (QED) is 0.666. The summed E-state index contributed by atoms with van der Waals surface area (Å²) in [5.74, 6) is 0. The molecule has 0 aliphatic carbocycles. The van der Waals surface area contributed by atoms with E-state index in [0.717, 1.165) is 0 Å². The lowest BCUT2D eigenvalue weighted by Gasteiger charge is -2.31. The van der Waals surface area contributed by atoms with Crippen molar-refractivity contribution in [2.75, 3.05) is 7.11 Å². The molecule has 0 radical (unpaired) electrons. The van der Waals surface area contributed by atoms with Crippen molar-refractivity contribution < 1.29 is 19.7 Å². The van der Waals surface area contributed by atoms with Crippen molar-refractivity contribution in [3.8, 4) is 0 Å². The normalized spacial score (nSPS) is 20.6. The van der Waals surface area contributed by atoms with E-state index in [4.69, 9.17) is 9.47 Å². The summed E-state index contributed by atoms with van der Waals surface area (Å²) in [6, 6.07) is 0. The third-order valence-electron chi connectivity index (χ3n) is 1.98.